The van der Waals surface area contributed by atoms with E-state index in [0.717, 1.165) is 28.8 Å². The summed E-state index contributed by atoms with van der Waals surface area (Å²) in [6.07, 6.45) is 1.60. The number of nitrogens with zero attached hydrogens (tertiary/aromatic N) is 3. The third-order valence-electron chi connectivity index (χ3n) is 6.18. The van der Waals surface area contributed by atoms with Crippen molar-refractivity contribution in [2.75, 3.05) is 27.4 Å². The van der Waals surface area contributed by atoms with Crippen molar-refractivity contribution in [1.82, 2.24) is 4.90 Å². The van der Waals surface area contributed by atoms with Crippen LogP contribution >= 0.6 is 23.7 Å². The molecule has 0 fully saturated rings. The minimum Gasteiger partial charge on any atom is -0.493 e. The first-order chi connectivity index (χ1) is 20.0. The SMILES string of the molecule is COc1cc(C=C2C(=N)N3C(SCc4ccccc4)=NSC3=NC2=O)cc(OC)c1OCCOc1ccccc1C. The fourth-order valence-corrected chi connectivity index (χ4v) is 5.92. The first-order valence-electron chi connectivity index (χ1n) is 12.7. The molecule has 2 heterocycles. The molecule has 3 aromatic carbocycles. The third-order valence-corrected chi connectivity index (χ3v) is 8.01. The molecule has 41 heavy (non-hydrogen) atoms. The van der Waals surface area contributed by atoms with E-state index in [9.17, 15) is 4.79 Å². The average Bonchev–Trinajstić information content (AvgIpc) is 3.40. The molecule has 5 rings (SSSR count). The highest BCUT2D eigenvalue weighted by Crippen LogP contribution is 2.40. The van der Waals surface area contributed by atoms with Gasteiger partial charge in [0, 0.05) is 5.75 Å². The fourth-order valence-electron chi connectivity index (χ4n) is 4.12. The molecule has 0 saturated carbocycles. The van der Waals surface area contributed by atoms with Gasteiger partial charge in [-0.3, -0.25) is 10.2 Å². The monoisotopic (exact) mass is 588 g/mol. The fraction of sp³-hybridized carbons (Fsp3) is 0.200. The Morgan fingerprint density at radius 2 is 1.63 bits per heavy atom. The molecule has 9 nitrogen and oxygen atoms in total. The number of carbonyl (C=O) groups is 1. The lowest BCUT2D eigenvalue weighted by molar-refractivity contribution is -0.114. The van der Waals surface area contributed by atoms with Crippen LogP contribution in [0.15, 0.2) is 81.7 Å². The molecule has 0 saturated heterocycles. The predicted octanol–water partition coefficient (Wildman–Crippen LogP) is 5.98. The summed E-state index contributed by atoms with van der Waals surface area (Å²) < 4.78 is 27.4. The van der Waals surface area contributed by atoms with Gasteiger partial charge < -0.3 is 18.9 Å². The molecular formula is C30H28N4O5S2. The Kier molecular flexibility index (Phi) is 8.95. The first-order valence-corrected chi connectivity index (χ1v) is 14.5. The minimum atomic E-state index is -0.509. The van der Waals surface area contributed by atoms with Crippen molar-refractivity contribution in [2.24, 2.45) is 9.39 Å². The summed E-state index contributed by atoms with van der Waals surface area (Å²) in [5.74, 6) is 2.23. The number of aryl methyl sites for hydroxylation is 1. The zero-order valence-corrected chi connectivity index (χ0v) is 24.4. The molecule has 2 aliphatic rings. The maximum absolute atomic E-state index is 12.9. The maximum Gasteiger partial charge on any atom is 0.283 e. The van der Waals surface area contributed by atoms with Gasteiger partial charge in [-0.15, -0.1) is 0 Å². The molecule has 0 spiro atoms. The number of rotatable bonds is 10. The topological polar surface area (TPSA) is 106 Å². The number of para-hydroxylation sites is 1. The Bertz CT molecular complexity index is 1530. The Balaban J connectivity index is 1.32. The number of aliphatic imine (C=N–C) groups is 1. The Morgan fingerprint density at radius 1 is 0.951 bits per heavy atom. The van der Waals surface area contributed by atoms with E-state index in [-0.39, 0.29) is 18.0 Å². The van der Waals surface area contributed by atoms with Crippen LogP contribution in [-0.4, -0.2) is 54.4 Å². The molecule has 11 heteroatoms. The summed E-state index contributed by atoms with van der Waals surface area (Å²) >= 11 is 2.58. The van der Waals surface area contributed by atoms with Gasteiger partial charge in [0.15, 0.2) is 16.7 Å². The minimum absolute atomic E-state index is 0.0101. The van der Waals surface area contributed by atoms with Gasteiger partial charge in [-0.2, -0.15) is 9.39 Å². The van der Waals surface area contributed by atoms with Crippen LogP contribution < -0.4 is 18.9 Å². The van der Waals surface area contributed by atoms with Crippen LogP contribution in [0.2, 0.25) is 0 Å². The zero-order valence-electron chi connectivity index (χ0n) is 22.7. The summed E-state index contributed by atoms with van der Waals surface area (Å²) in [7, 11) is 3.06. The quantitative estimate of drug-likeness (QED) is 0.175. The molecule has 1 amide bonds. The second-order valence-corrected chi connectivity index (χ2v) is 10.6. The number of amidine groups is 3. The normalized spacial score (nSPS) is 15.4. The number of amides is 1. The molecule has 0 radical (unpaired) electrons. The van der Waals surface area contributed by atoms with Crippen molar-refractivity contribution < 1.29 is 23.7 Å². The van der Waals surface area contributed by atoms with Crippen LogP contribution in [0.25, 0.3) is 6.08 Å². The summed E-state index contributed by atoms with van der Waals surface area (Å²) in [4.78, 5) is 18.7. The molecule has 0 aromatic heterocycles. The number of hydrogen-bond acceptors (Lipinski definition) is 9. The Labute approximate surface area is 246 Å². The van der Waals surface area contributed by atoms with E-state index in [1.54, 1.807) is 23.1 Å². The molecule has 0 bridgehead atoms. The van der Waals surface area contributed by atoms with Crippen molar-refractivity contribution in [1.29, 1.82) is 5.41 Å². The van der Waals surface area contributed by atoms with Gasteiger partial charge in [0.2, 0.25) is 10.9 Å². The molecule has 210 valence electrons. The standard InChI is InChI=1S/C30H28N4O5S2/c1-19-9-7-8-12-23(19)38-13-14-39-26-24(36-2)16-21(17-25(26)37-3)15-22-27(31)34-29(32-28(22)35)41-33-30(34)40-18-20-10-5-4-6-11-20/h4-12,15-17,31H,13-14,18H2,1-3H3. The summed E-state index contributed by atoms with van der Waals surface area (Å²) in [6, 6.07) is 21.2. The van der Waals surface area contributed by atoms with Gasteiger partial charge >= 0.3 is 0 Å². The number of ether oxygens (including phenoxy) is 4. The summed E-state index contributed by atoms with van der Waals surface area (Å²) in [5.41, 5.74) is 2.90. The Hall–Kier alpha value is -4.22. The van der Waals surface area contributed by atoms with Crippen molar-refractivity contribution in [3.05, 3.63) is 89.0 Å². The van der Waals surface area contributed by atoms with E-state index in [2.05, 4.69) is 9.39 Å². The molecule has 1 N–H and O–H groups in total. The van der Waals surface area contributed by atoms with Crippen LogP contribution in [0.4, 0.5) is 0 Å². The highest BCUT2D eigenvalue weighted by atomic mass is 32.2. The summed E-state index contributed by atoms with van der Waals surface area (Å²) in [5, 5.41) is 9.83. The zero-order chi connectivity index (χ0) is 28.8. The highest BCUT2D eigenvalue weighted by molar-refractivity contribution is 8.18. The second-order valence-electron chi connectivity index (χ2n) is 8.90. The maximum atomic E-state index is 12.9. The van der Waals surface area contributed by atoms with Crippen LogP contribution in [0, 0.1) is 12.3 Å². The van der Waals surface area contributed by atoms with Gasteiger partial charge in [0.25, 0.3) is 5.91 Å². The van der Waals surface area contributed by atoms with Crippen LogP contribution in [0.5, 0.6) is 23.0 Å². The third kappa shape index (κ3) is 6.41. The van der Waals surface area contributed by atoms with Crippen molar-refractivity contribution in [2.45, 2.75) is 12.7 Å². The lowest BCUT2D eigenvalue weighted by atomic mass is 10.1. The van der Waals surface area contributed by atoms with Gasteiger partial charge in [0.05, 0.1) is 31.7 Å². The smallest absolute Gasteiger partial charge is 0.283 e. The van der Waals surface area contributed by atoms with Crippen molar-refractivity contribution >= 4 is 51.9 Å². The molecular weight excluding hydrogens is 560 g/mol. The summed E-state index contributed by atoms with van der Waals surface area (Å²) in [6.45, 7) is 2.57. The number of carbonyl (C=O) groups excluding carboxylic acids is 1. The molecule has 2 aliphatic heterocycles. The molecule has 0 aliphatic carbocycles. The van der Waals surface area contributed by atoms with Gasteiger partial charge in [-0.25, -0.2) is 4.90 Å². The van der Waals surface area contributed by atoms with Gasteiger partial charge in [-0.05, 0) is 47.9 Å². The Morgan fingerprint density at radius 3 is 2.34 bits per heavy atom. The molecule has 3 aromatic rings. The number of nitrogens with one attached hydrogen (secondary N) is 1. The van der Waals surface area contributed by atoms with E-state index in [0.29, 0.717) is 45.5 Å². The molecule has 0 unspecified atom stereocenters. The number of thioether (sulfide) groups is 1. The van der Waals surface area contributed by atoms with Gasteiger partial charge in [0.1, 0.15) is 24.8 Å². The lowest BCUT2D eigenvalue weighted by Crippen LogP contribution is -2.41. The largest absolute Gasteiger partial charge is 0.493 e. The number of methoxy groups -OCH3 is 2. The van der Waals surface area contributed by atoms with Crippen molar-refractivity contribution in [3.8, 4) is 23.0 Å². The van der Waals surface area contributed by atoms with Crippen LogP contribution in [-0.2, 0) is 10.5 Å². The lowest BCUT2D eigenvalue weighted by Gasteiger charge is -2.24. The number of benzene rings is 3. The van der Waals surface area contributed by atoms with Gasteiger partial charge in [-0.1, -0.05) is 60.3 Å². The number of fused-ring (bicyclic) bond motifs is 1. The highest BCUT2D eigenvalue weighted by Gasteiger charge is 2.37. The van der Waals surface area contributed by atoms with Crippen molar-refractivity contribution in [3.63, 3.8) is 0 Å². The van der Waals surface area contributed by atoms with Crippen LogP contribution in [0.3, 0.4) is 0 Å². The first kappa shape index (κ1) is 28.3. The predicted molar refractivity (Wildman–Crippen MR) is 164 cm³/mol. The van der Waals surface area contributed by atoms with E-state index in [1.807, 2.05) is 61.5 Å². The van der Waals surface area contributed by atoms with E-state index in [1.165, 1.54) is 26.0 Å². The van der Waals surface area contributed by atoms with E-state index >= 15 is 0 Å². The van der Waals surface area contributed by atoms with Crippen LogP contribution in [0.1, 0.15) is 16.7 Å². The molecule has 0 atom stereocenters. The second kappa shape index (κ2) is 13.0. The number of hydrogen-bond donors (Lipinski definition) is 1. The van der Waals surface area contributed by atoms with E-state index < -0.39 is 5.91 Å². The average molecular weight is 589 g/mol. The van der Waals surface area contributed by atoms with E-state index in [4.69, 9.17) is 24.4 Å².